The van der Waals surface area contributed by atoms with Gasteiger partial charge in [0.25, 0.3) is 0 Å². The maximum Gasteiger partial charge on any atom is 0.178 e. The zero-order valence-corrected chi connectivity index (χ0v) is 12.2. The number of rotatable bonds is 4. The normalized spacial score (nSPS) is 12.7. The van der Waals surface area contributed by atoms with Crippen molar-refractivity contribution in [2.45, 2.75) is 25.8 Å². The number of nitrogens with zero attached hydrogens (tertiary/aromatic N) is 2. The number of pyridine rings is 1. The zero-order valence-electron chi connectivity index (χ0n) is 11.4. The van der Waals surface area contributed by atoms with Gasteiger partial charge in [-0.25, -0.2) is 0 Å². The molecule has 0 bridgehead atoms. The first-order valence-corrected chi connectivity index (χ1v) is 7.24. The van der Waals surface area contributed by atoms with Crippen LogP contribution in [0.5, 0.6) is 0 Å². The van der Waals surface area contributed by atoms with Crippen LogP contribution >= 0.6 is 12.2 Å². The zero-order chi connectivity index (χ0) is 13.9. The molecule has 2 aromatic heterocycles. The molecule has 0 aliphatic rings. The van der Waals surface area contributed by atoms with Crippen LogP contribution in [0.4, 0.5) is 0 Å². The van der Waals surface area contributed by atoms with Crippen LogP contribution < -0.4 is 0 Å². The molecule has 0 amide bonds. The van der Waals surface area contributed by atoms with Gasteiger partial charge in [0.15, 0.2) is 4.77 Å². The van der Waals surface area contributed by atoms with Gasteiger partial charge in [0.1, 0.15) is 0 Å². The Morgan fingerprint density at radius 3 is 2.85 bits per heavy atom. The molecule has 0 aliphatic heterocycles. The summed E-state index contributed by atoms with van der Waals surface area (Å²) < 4.78 is 2.96. The summed E-state index contributed by atoms with van der Waals surface area (Å²) in [5.41, 5.74) is 3.50. The van der Waals surface area contributed by atoms with Crippen molar-refractivity contribution in [1.29, 1.82) is 0 Å². The van der Waals surface area contributed by atoms with Gasteiger partial charge >= 0.3 is 0 Å². The molecule has 0 radical (unpaired) electrons. The van der Waals surface area contributed by atoms with Crippen LogP contribution in [0, 0.1) is 4.77 Å². The number of hydrogen-bond acceptors (Lipinski definition) is 2. The van der Waals surface area contributed by atoms with Crippen molar-refractivity contribution < 1.29 is 0 Å². The van der Waals surface area contributed by atoms with Crippen molar-refractivity contribution in [1.82, 2.24) is 14.5 Å². The molecule has 0 spiro atoms. The molecule has 3 rings (SSSR count). The van der Waals surface area contributed by atoms with E-state index in [4.69, 9.17) is 12.2 Å². The van der Waals surface area contributed by atoms with Gasteiger partial charge in [-0.1, -0.05) is 30.3 Å². The largest absolute Gasteiger partial charge is 0.329 e. The molecular weight excluding hydrogens is 266 g/mol. The van der Waals surface area contributed by atoms with E-state index in [1.807, 2.05) is 18.5 Å². The number of benzene rings is 1. The summed E-state index contributed by atoms with van der Waals surface area (Å²) in [6.07, 6.45) is 5.76. The number of aromatic amines is 1. The Balaban J connectivity index is 1.84. The van der Waals surface area contributed by atoms with E-state index < -0.39 is 0 Å². The van der Waals surface area contributed by atoms with Gasteiger partial charge in [-0.3, -0.25) is 4.98 Å². The van der Waals surface area contributed by atoms with Crippen LogP contribution in [0.3, 0.4) is 0 Å². The van der Waals surface area contributed by atoms with Crippen molar-refractivity contribution in [3.63, 3.8) is 0 Å². The van der Waals surface area contributed by atoms with Crippen molar-refractivity contribution in [2.24, 2.45) is 0 Å². The first-order chi connectivity index (χ1) is 9.75. The topological polar surface area (TPSA) is 33.6 Å². The lowest BCUT2D eigenvalue weighted by Crippen LogP contribution is -2.06. The lowest BCUT2D eigenvalue weighted by molar-refractivity contribution is 0.514. The molecule has 3 nitrogen and oxygen atoms in total. The summed E-state index contributed by atoms with van der Waals surface area (Å²) in [7, 11) is 0. The van der Waals surface area contributed by atoms with E-state index in [9.17, 15) is 0 Å². The Hall–Kier alpha value is -1.94. The Morgan fingerprint density at radius 1 is 1.25 bits per heavy atom. The molecule has 0 aliphatic carbocycles. The fourth-order valence-corrected chi connectivity index (χ4v) is 2.95. The summed E-state index contributed by atoms with van der Waals surface area (Å²) in [5, 5.41) is 0. The second kappa shape index (κ2) is 5.59. The average Bonchev–Trinajstić information content (AvgIpc) is 2.82. The molecular formula is C16H17N3S. The highest BCUT2D eigenvalue weighted by Gasteiger charge is 2.11. The van der Waals surface area contributed by atoms with Gasteiger partial charge in [0.2, 0.25) is 0 Å². The van der Waals surface area contributed by atoms with Crippen LogP contribution in [0.25, 0.3) is 11.0 Å². The second-order valence-corrected chi connectivity index (χ2v) is 5.45. The number of H-pyrrole nitrogens is 1. The summed E-state index contributed by atoms with van der Waals surface area (Å²) >= 11 is 5.44. The molecule has 102 valence electrons. The number of hydrogen-bond donors (Lipinski definition) is 1. The summed E-state index contributed by atoms with van der Waals surface area (Å²) in [6, 6.07) is 12.9. The smallest absolute Gasteiger partial charge is 0.178 e. The van der Waals surface area contributed by atoms with E-state index in [2.05, 4.69) is 51.8 Å². The van der Waals surface area contributed by atoms with Gasteiger partial charge in [0.05, 0.1) is 17.2 Å². The molecule has 1 unspecified atom stereocenters. The minimum Gasteiger partial charge on any atom is -0.329 e. The minimum atomic E-state index is 0.360. The lowest BCUT2D eigenvalue weighted by atomic mass is 10.1. The summed E-state index contributed by atoms with van der Waals surface area (Å²) in [5.74, 6) is 0. The monoisotopic (exact) mass is 283 g/mol. The number of fused-ring (bicyclic) bond motifs is 1. The van der Waals surface area contributed by atoms with Gasteiger partial charge in [-0.2, -0.15) is 0 Å². The fourth-order valence-electron chi connectivity index (χ4n) is 2.57. The van der Waals surface area contributed by atoms with Gasteiger partial charge in [0, 0.05) is 12.2 Å². The molecule has 0 saturated carbocycles. The first-order valence-electron chi connectivity index (χ1n) is 6.84. The Kier molecular flexibility index (Phi) is 3.65. The third-order valence-corrected chi connectivity index (χ3v) is 3.95. The number of aromatic nitrogens is 3. The predicted molar refractivity (Wildman–Crippen MR) is 84.4 cm³/mol. The quantitative estimate of drug-likeness (QED) is 0.725. The van der Waals surface area contributed by atoms with E-state index in [1.54, 1.807) is 0 Å². The summed E-state index contributed by atoms with van der Waals surface area (Å²) in [6.45, 7) is 2.21. The first kappa shape index (κ1) is 13.1. The van der Waals surface area contributed by atoms with Crippen molar-refractivity contribution in [3.8, 4) is 0 Å². The van der Waals surface area contributed by atoms with E-state index >= 15 is 0 Å². The van der Waals surface area contributed by atoms with Crippen LogP contribution in [0.2, 0.25) is 0 Å². The van der Waals surface area contributed by atoms with E-state index in [1.165, 1.54) is 5.56 Å². The van der Waals surface area contributed by atoms with Gasteiger partial charge < -0.3 is 9.55 Å². The lowest BCUT2D eigenvalue weighted by Gasteiger charge is -2.14. The van der Waals surface area contributed by atoms with Gasteiger partial charge in [-0.15, -0.1) is 0 Å². The Labute approximate surface area is 123 Å². The van der Waals surface area contributed by atoms with E-state index in [-0.39, 0.29) is 0 Å². The molecule has 1 aromatic carbocycles. The number of aryl methyl sites for hydroxylation is 1. The van der Waals surface area contributed by atoms with Gasteiger partial charge in [-0.05, 0) is 43.6 Å². The second-order valence-electron chi connectivity index (χ2n) is 5.07. The summed E-state index contributed by atoms with van der Waals surface area (Å²) in [4.78, 5) is 7.35. The van der Waals surface area contributed by atoms with Crippen LogP contribution in [0.1, 0.15) is 24.9 Å². The molecule has 0 saturated heterocycles. The van der Waals surface area contributed by atoms with Crippen molar-refractivity contribution in [2.75, 3.05) is 0 Å². The molecule has 4 heteroatoms. The molecule has 20 heavy (non-hydrogen) atoms. The highest BCUT2D eigenvalue weighted by molar-refractivity contribution is 7.71. The Morgan fingerprint density at radius 2 is 2.05 bits per heavy atom. The maximum atomic E-state index is 5.44. The van der Waals surface area contributed by atoms with E-state index in [0.29, 0.717) is 6.04 Å². The standard InChI is InChI=1S/C16H17N3S/c1-12(7-8-13-5-3-2-4-6-13)19-15-9-10-17-11-14(15)18-16(19)20/h2-6,9-12H,7-8H2,1H3,(H,18,20). The number of imidazole rings is 1. The minimum absolute atomic E-state index is 0.360. The van der Waals surface area contributed by atoms with Crippen LogP contribution in [0.15, 0.2) is 48.8 Å². The maximum absolute atomic E-state index is 5.44. The third-order valence-electron chi connectivity index (χ3n) is 3.65. The van der Waals surface area contributed by atoms with E-state index in [0.717, 1.165) is 28.6 Å². The molecule has 0 fully saturated rings. The number of nitrogens with one attached hydrogen (secondary N) is 1. The van der Waals surface area contributed by atoms with Crippen LogP contribution in [-0.4, -0.2) is 14.5 Å². The third kappa shape index (κ3) is 2.51. The van der Waals surface area contributed by atoms with Crippen molar-refractivity contribution >= 4 is 23.3 Å². The Bertz CT molecular complexity index is 758. The molecule has 2 heterocycles. The fraction of sp³-hybridized carbons (Fsp3) is 0.250. The van der Waals surface area contributed by atoms with Crippen LogP contribution in [-0.2, 0) is 6.42 Å². The SMILES string of the molecule is CC(CCc1ccccc1)n1c(=S)[nH]c2cnccc21. The molecule has 3 aromatic rings. The highest BCUT2D eigenvalue weighted by Crippen LogP contribution is 2.21. The predicted octanol–water partition coefficient (Wildman–Crippen LogP) is 4.29. The molecule has 1 N–H and O–H groups in total. The van der Waals surface area contributed by atoms with Crippen molar-refractivity contribution in [3.05, 3.63) is 59.1 Å². The molecule has 1 atom stereocenters. The highest BCUT2D eigenvalue weighted by atomic mass is 32.1. The average molecular weight is 283 g/mol.